The summed E-state index contributed by atoms with van der Waals surface area (Å²) < 4.78 is 0. The van der Waals surface area contributed by atoms with Crippen LogP contribution in [0.5, 0.6) is 0 Å². The summed E-state index contributed by atoms with van der Waals surface area (Å²) in [7, 11) is 0. The predicted molar refractivity (Wildman–Crippen MR) is 212 cm³/mol. The second kappa shape index (κ2) is 40.3. The van der Waals surface area contributed by atoms with Crippen molar-refractivity contribution in [2.75, 3.05) is 6.61 Å². The molecule has 4 heteroatoms. The predicted octanol–water partition coefficient (Wildman–Crippen LogP) is 13.2. The Hall–Kier alpha value is -1.13. The van der Waals surface area contributed by atoms with Gasteiger partial charge < -0.3 is 15.5 Å². The summed E-state index contributed by atoms with van der Waals surface area (Å²) in [5.74, 6) is -0.0708. The Kier molecular flexibility index (Phi) is 39.4. The van der Waals surface area contributed by atoms with E-state index in [9.17, 15) is 15.0 Å². The van der Waals surface area contributed by atoms with E-state index in [0.717, 1.165) is 32.1 Å². The summed E-state index contributed by atoms with van der Waals surface area (Å²) in [5, 5.41) is 23.0. The zero-order chi connectivity index (χ0) is 35.0. The van der Waals surface area contributed by atoms with E-state index in [1.807, 2.05) is 6.08 Å². The van der Waals surface area contributed by atoms with E-state index < -0.39 is 12.1 Å². The van der Waals surface area contributed by atoms with Gasteiger partial charge in [0.2, 0.25) is 5.91 Å². The number of rotatable bonds is 39. The van der Waals surface area contributed by atoms with Crippen molar-refractivity contribution >= 4 is 5.91 Å². The maximum atomic E-state index is 12.4. The molecule has 4 nitrogen and oxygen atoms in total. The van der Waals surface area contributed by atoms with E-state index in [0.29, 0.717) is 6.42 Å². The van der Waals surface area contributed by atoms with Crippen molar-refractivity contribution in [1.29, 1.82) is 0 Å². The molecule has 2 unspecified atom stereocenters. The van der Waals surface area contributed by atoms with Gasteiger partial charge in [-0.25, -0.2) is 0 Å². The molecular weight excluding hydrogens is 590 g/mol. The summed E-state index contributed by atoms with van der Waals surface area (Å²) in [6.07, 6.45) is 51.4. The molecule has 0 aliphatic rings. The van der Waals surface area contributed by atoms with Crippen molar-refractivity contribution in [3.8, 4) is 0 Å². The van der Waals surface area contributed by atoms with Crippen LogP contribution in [0.2, 0.25) is 0 Å². The first-order valence-electron chi connectivity index (χ1n) is 21.6. The van der Waals surface area contributed by atoms with E-state index in [-0.39, 0.29) is 12.5 Å². The standard InChI is InChI=1S/C44H85NO3/c1-3-5-7-9-11-13-15-17-19-21-22-24-25-27-29-31-33-35-37-39-43(47)42(41-46)45-44(48)40-38-36-34-32-30-28-26-23-20-18-16-14-12-10-8-6-4-2/h29,31,37,39,42-43,46-47H,3-28,30,32-36,38,40-41H2,1-2H3,(H,45,48)/b31-29+,39-37+. The normalized spacial score (nSPS) is 13.2. The quantitative estimate of drug-likeness (QED) is 0.0448. The highest BCUT2D eigenvalue weighted by molar-refractivity contribution is 5.76. The van der Waals surface area contributed by atoms with Gasteiger partial charge in [-0.3, -0.25) is 4.79 Å². The van der Waals surface area contributed by atoms with Crippen LogP contribution in [0.3, 0.4) is 0 Å². The van der Waals surface area contributed by atoms with Gasteiger partial charge in [-0.05, 0) is 32.1 Å². The highest BCUT2D eigenvalue weighted by Gasteiger charge is 2.17. The van der Waals surface area contributed by atoms with Crippen LogP contribution < -0.4 is 5.32 Å². The number of carbonyl (C=O) groups excluding carboxylic acids is 1. The number of carbonyl (C=O) groups is 1. The molecule has 284 valence electrons. The number of aliphatic hydroxyl groups is 2. The van der Waals surface area contributed by atoms with Gasteiger partial charge in [0.25, 0.3) is 0 Å². The van der Waals surface area contributed by atoms with Crippen LogP contribution in [-0.2, 0) is 4.79 Å². The molecule has 0 bridgehead atoms. The van der Waals surface area contributed by atoms with E-state index >= 15 is 0 Å². The fourth-order valence-corrected chi connectivity index (χ4v) is 6.61. The van der Waals surface area contributed by atoms with Crippen molar-refractivity contribution in [1.82, 2.24) is 5.32 Å². The molecule has 2 atom stereocenters. The van der Waals surface area contributed by atoms with E-state index in [2.05, 4.69) is 31.3 Å². The smallest absolute Gasteiger partial charge is 0.220 e. The third-order valence-corrected chi connectivity index (χ3v) is 9.94. The van der Waals surface area contributed by atoms with Crippen LogP contribution in [0, 0.1) is 0 Å². The number of aliphatic hydroxyl groups excluding tert-OH is 2. The Balaban J connectivity index is 3.59. The summed E-state index contributed by atoms with van der Waals surface area (Å²) in [6, 6.07) is -0.634. The summed E-state index contributed by atoms with van der Waals surface area (Å²) in [4.78, 5) is 12.4. The van der Waals surface area contributed by atoms with Gasteiger partial charge in [0.05, 0.1) is 18.8 Å². The minimum atomic E-state index is -0.857. The van der Waals surface area contributed by atoms with Crippen LogP contribution >= 0.6 is 0 Å². The molecule has 0 saturated carbocycles. The molecule has 3 N–H and O–H groups in total. The average molecular weight is 676 g/mol. The molecular formula is C44H85NO3. The van der Waals surface area contributed by atoms with E-state index in [1.165, 1.54) is 180 Å². The summed E-state index contributed by atoms with van der Waals surface area (Å²) in [6.45, 7) is 4.31. The molecule has 48 heavy (non-hydrogen) atoms. The maximum Gasteiger partial charge on any atom is 0.220 e. The average Bonchev–Trinajstić information content (AvgIpc) is 3.09. The fraction of sp³-hybridized carbons (Fsp3) is 0.886. The molecule has 0 aromatic carbocycles. The maximum absolute atomic E-state index is 12.4. The topological polar surface area (TPSA) is 69.6 Å². The number of unbranched alkanes of at least 4 members (excludes halogenated alkanes) is 30. The molecule has 0 aliphatic heterocycles. The lowest BCUT2D eigenvalue weighted by atomic mass is 10.0. The third kappa shape index (κ3) is 36.2. The zero-order valence-corrected chi connectivity index (χ0v) is 32.5. The Morgan fingerprint density at radius 1 is 0.479 bits per heavy atom. The molecule has 0 rings (SSSR count). The molecule has 0 radical (unpaired) electrons. The lowest BCUT2D eigenvalue weighted by Crippen LogP contribution is -2.45. The molecule has 0 heterocycles. The first-order valence-corrected chi connectivity index (χ1v) is 21.6. The molecule has 0 aromatic rings. The second-order valence-electron chi connectivity index (χ2n) is 14.8. The SMILES string of the molecule is CCCCCCCCCCCCCCC/C=C/CC/C=C/C(O)C(CO)NC(=O)CCCCCCCCCCCCCCCCCCC. The number of hydrogen-bond donors (Lipinski definition) is 3. The minimum absolute atomic E-state index is 0.0708. The highest BCUT2D eigenvalue weighted by Crippen LogP contribution is 2.15. The van der Waals surface area contributed by atoms with Crippen LogP contribution in [-0.4, -0.2) is 34.9 Å². The van der Waals surface area contributed by atoms with Gasteiger partial charge in [-0.2, -0.15) is 0 Å². The Morgan fingerprint density at radius 3 is 1.21 bits per heavy atom. The molecule has 0 aliphatic carbocycles. The number of amides is 1. The Labute approximate surface area is 300 Å². The van der Waals surface area contributed by atoms with Gasteiger partial charge in [0.1, 0.15) is 0 Å². The van der Waals surface area contributed by atoms with Crippen molar-refractivity contribution in [3.05, 3.63) is 24.3 Å². The largest absolute Gasteiger partial charge is 0.394 e. The van der Waals surface area contributed by atoms with E-state index in [1.54, 1.807) is 6.08 Å². The van der Waals surface area contributed by atoms with E-state index in [4.69, 9.17) is 0 Å². The van der Waals surface area contributed by atoms with Crippen LogP contribution in [0.25, 0.3) is 0 Å². The Morgan fingerprint density at radius 2 is 0.812 bits per heavy atom. The van der Waals surface area contributed by atoms with Gasteiger partial charge in [-0.15, -0.1) is 0 Å². The van der Waals surface area contributed by atoms with Gasteiger partial charge in [-0.1, -0.05) is 218 Å². The number of nitrogens with one attached hydrogen (secondary N) is 1. The van der Waals surface area contributed by atoms with Crippen molar-refractivity contribution in [2.24, 2.45) is 0 Å². The fourth-order valence-electron chi connectivity index (χ4n) is 6.61. The number of allylic oxidation sites excluding steroid dienone is 3. The molecule has 1 amide bonds. The van der Waals surface area contributed by atoms with Crippen LogP contribution in [0.15, 0.2) is 24.3 Å². The lowest BCUT2D eigenvalue weighted by Gasteiger charge is -2.19. The van der Waals surface area contributed by atoms with Gasteiger partial charge in [0.15, 0.2) is 0 Å². The molecule has 0 saturated heterocycles. The third-order valence-electron chi connectivity index (χ3n) is 9.94. The first-order chi connectivity index (χ1) is 23.7. The second-order valence-corrected chi connectivity index (χ2v) is 14.8. The lowest BCUT2D eigenvalue weighted by molar-refractivity contribution is -0.123. The summed E-state index contributed by atoms with van der Waals surface area (Å²) >= 11 is 0. The highest BCUT2D eigenvalue weighted by atomic mass is 16.3. The number of hydrogen-bond acceptors (Lipinski definition) is 3. The molecule has 0 fully saturated rings. The van der Waals surface area contributed by atoms with Crippen LogP contribution in [0.4, 0.5) is 0 Å². The first kappa shape index (κ1) is 46.9. The summed E-state index contributed by atoms with van der Waals surface area (Å²) in [5.41, 5.74) is 0. The minimum Gasteiger partial charge on any atom is -0.394 e. The van der Waals surface area contributed by atoms with Crippen molar-refractivity contribution < 1.29 is 15.0 Å². The van der Waals surface area contributed by atoms with Crippen LogP contribution in [0.1, 0.15) is 232 Å². The van der Waals surface area contributed by atoms with Crippen molar-refractivity contribution in [2.45, 2.75) is 244 Å². The Bertz CT molecular complexity index is 691. The monoisotopic (exact) mass is 676 g/mol. The zero-order valence-electron chi connectivity index (χ0n) is 32.5. The van der Waals surface area contributed by atoms with Crippen molar-refractivity contribution in [3.63, 3.8) is 0 Å². The van der Waals surface area contributed by atoms with Gasteiger partial charge in [0, 0.05) is 6.42 Å². The van der Waals surface area contributed by atoms with Gasteiger partial charge >= 0.3 is 0 Å². The molecule has 0 aromatic heterocycles. The molecule has 0 spiro atoms.